The van der Waals surface area contributed by atoms with E-state index in [9.17, 15) is 14.7 Å². The second kappa shape index (κ2) is 7.04. The van der Waals surface area contributed by atoms with Crippen LogP contribution in [0.3, 0.4) is 0 Å². The molecule has 0 spiro atoms. The SMILES string of the molecule is CCCN(CCC(=O)NC1CC1)C1COCC1C(=O)O. The van der Waals surface area contributed by atoms with Gasteiger partial charge in [-0.3, -0.25) is 14.5 Å². The molecule has 1 saturated carbocycles. The summed E-state index contributed by atoms with van der Waals surface area (Å²) in [5.41, 5.74) is 0. The van der Waals surface area contributed by atoms with Gasteiger partial charge in [0.05, 0.1) is 19.1 Å². The van der Waals surface area contributed by atoms with E-state index in [-0.39, 0.29) is 18.6 Å². The number of nitrogens with one attached hydrogen (secondary N) is 1. The number of carboxylic acid groups (broad SMARTS) is 1. The van der Waals surface area contributed by atoms with Crippen LogP contribution < -0.4 is 5.32 Å². The maximum absolute atomic E-state index is 11.7. The van der Waals surface area contributed by atoms with Crippen molar-refractivity contribution < 1.29 is 19.4 Å². The van der Waals surface area contributed by atoms with Crippen molar-refractivity contribution >= 4 is 11.9 Å². The minimum atomic E-state index is -0.809. The number of carboxylic acids is 1. The first-order valence-electron chi connectivity index (χ1n) is 7.45. The number of carbonyl (C=O) groups excluding carboxylic acids is 1. The molecule has 0 bridgehead atoms. The largest absolute Gasteiger partial charge is 0.481 e. The smallest absolute Gasteiger partial charge is 0.310 e. The molecule has 0 aromatic heterocycles. The summed E-state index contributed by atoms with van der Waals surface area (Å²) < 4.78 is 5.32. The van der Waals surface area contributed by atoms with E-state index in [4.69, 9.17) is 4.74 Å². The van der Waals surface area contributed by atoms with Crippen LogP contribution in [0.1, 0.15) is 32.6 Å². The molecule has 114 valence electrons. The van der Waals surface area contributed by atoms with Crippen molar-refractivity contribution in [1.29, 1.82) is 0 Å². The van der Waals surface area contributed by atoms with Gasteiger partial charge in [0.15, 0.2) is 0 Å². The molecular weight excluding hydrogens is 260 g/mol. The maximum atomic E-state index is 11.7. The standard InChI is InChI=1S/C14H24N2O4/c1-2-6-16(7-5-13(17)15-10-3-4-10)12-9-20-8-11(12)14(18)19/h10-12H,2-9H2,1H3,(H,15,17)(H,18,19). The van der Waals surface area contributed by atoms with Crippen LogP contribution in [0.5, 0.6) is 0 Å². The minimum Gasteiger partial charge on any atom is -0.481 e. The lowest BCUT2D eigenvalue weighted by Gasteiger charge is -2.29. The Morgan fingerprint density at radius 3 is 2.65 bits per heavy atom. The third kappa shape index (κ3) is 4.18. The van der Waals surface area contributed by atoms with Crippen LogP contribution in [0, 0.1) is 5.92 Å². The van der Waals surface area contributed by atoms with Crippen LogP contribution in [0.15, 0.2) is 0 Å². The van der Waals surface area contributed by atoms with E-state index in [1.807, 2.05) is 0 Å². The number of hydrogen-bond acceptors (Lipinski definition) is 4. The second-order valence-corrected chi connectivity index (χ2v) is 5.68. The Labute approximate surface area is 119 Å². The van der Waals surface area contributed by atoms with E-state index in [0.29, 0.717) is 25.6 Å². The zero-order valence-electron chi connectivity index (χ0n) is 12.0. The quantitative estimate of drug-likeness (QED) is 0.677. The normalized spacial score (nSPS) is 25.9. The van der Waals surface area contributed by atoms with Gasteiger partial charge < -0.3 is 15.2 Å². The highest BCUT2D eigenvalue weighted by Crippen LogP contribution is 2.21. The first-order chi connectivity index (χ1) is 9.61. The minimum absolute atomic E-state index is 0.0689. The van der Waals surface area contributed by atoms with Crippen molar-refractivity contribution in [3.63, 3.8) is 0 Å². The zero-order valence-corrected chi connectivity index (χ0v) is 12.0. The number of aliphatic carboxylic acids is 1. The predicted octanol–water partition coefficient (Wildman–Crippen LogP) is 0.467. The van der Waals surface area contributed by atoms with Gasteiger partial charge in [-0.05, 0) is 25.8 Å². The highest BCUT2D eigenvalue weighted by Gasteiger charge is 2.37. The summed E-state index contributed by atoms with van der Waals surface area (Å²) in [6.07, 6.45) is 3.54. The third-order valence-corrected chi connectivity index (χ3v) is 3.92. The Bertz CT molecular complexity index is 357. The van der Waals surface area contributed by atoms with Gasteiger partial charge in [0, 0.05) is 25.0 Å². The van der Waals surface area contributed by atoms with Gasteiger partial charge in [-0.25, -0.2) is 0 Å². The van der Waals surface area contributed by atoms with E-state index in [1.54, 1.807) is 0 Å². The summed E-state index contributed by atoms with van der Waals surface area (Å²) in [5, 5.41) is 12.2. The van der Waals surface area contributed by atoms with Crippen molar-refractivity contribution in [3.8, 4) is 0 Å². The van der Waals surface area contributed by atoms with Crippen molar-refractivity contribution in [2.75, 3.05) is 26.3 Å². The van der Waals surface area contributed by atoms with Gasteiger partial charge in [-0.2, -0.15) is 0 Å². The topological polar surface area (TPSA) is 78.9 Å². The Morgan fingerprint density at radius 1 is 1.30 bits per heavy atom. The summed E-state index contributed by atoms with van der Waals surface area (Å²) in [5.74, 6) is -1.22. The third-order valence-electron chi connectivity index (χ3n) is 3.92. The fraction of sp³-hybridized carbons (Fsp3) is 0.857. The summed E-state index contributed by atoms with van der Waals surface area (Å²) >= 11 is 0. The predicted molar refractivity (Wildman–Crippen MR) is 73.4 cm³/mol. The molecule has 2 fully saturated rings. The van der Waals surface area contributed by atoms with Crippen molar-refractivity contribution in [2.24, 2.45) is 5.92 Å². The van der Waals surface area contributed by atoms with Gasteiger partial charge in [0.25, 0.3) is 0 Å². The molecule has 0 aromatic rings. The summed E-state index contributed by atoms with van der Waals surface area (Å²) in [7, 11) is 0. The van der Waals surface area contributed by atoms with Gasteiger partial charge in [-0.1, -0.05) is 6.92 Å². The molecule has 2 rings (SSSR count). The molecule has 1 heterocycles. The van der Waals surface area contributed by atoms with E-state index in [0.717, 1.165) is 25.8 Å². The first-order valence-corrected chi connectivity index (χ1v) is 7.45. The van der Waals surface area contributed by atoms with Crippen LogP contribution in [0.25, 0.3) is 0 Å². The molecule has 0 aromatic carbocycles. The lowest BCUT2D eigenvalue weighted by molar-refractivity contribution is -0.143. The first kappa shape index (κ1) is 15.3. The van der Waals surface area contributed by atoms with Gasteiger partial charge in [0.2, 0.25) is 5.91 Å². The van der Waals surface area contributed by atoms with Gasteiger partial charge >= 0.3 is 5.97 Å². The Morgan fingerprint density at radius 2 is 2.05 bits per heavy atom. The molecule has 6 heteroatoms. The van der Waals surface area contributed by atoms with E-state index >= 15 is 0 Å². The fourth-order valence-corrected chi connectivity index (χ4v) is 2.64. The zero-order chi connectivity index (χ0) is 14.5. The molecule has 1 aliphatic carbocycles. The molecule has 20 heavy (non-hydrogen) atoms. The number of carbonyl (C=O) groups is 2. The monoisotopic (exact) mass is 284 g/mol. The number of amides is 1. The molecular formula is C14H24N2O4. The van der Waals surface area contributed by atoms with E-state index < -0.39 is 11.9 Å². The molecule has 6 nitrogen and oxygen atoms in total. The van der Waals surface area contributed by atoms with Gasteiger partial charge in [0.1, 0.15) is 0 Å². The van der Waals surface area contributed by atoms with Crippen molar-refractivity contribution in [3.05, 3.63) is 0 Å². The average molecular weight is 284 g/mol. The number of nitrogens with zero attached hydrogens (tertiary/aromatic N) is 1. The van der Waals surface area contributed by atoms with Crippen LogP contribution >= 0.6 is 0 Å². The molecule has 0 radical (unpaired) electrons. The Kier molecular flexibility index (Phi) is 5.37. The summed E-state index contributed by atoms with van der Waals surface area (Å²) in [4.78, 5) is 25.1. The van der Waals surface area contributed by atoms with E-state index in [1.165, 1.54) is 0 Å². The molecule has 2 N–H and O–H groups in total. The summed E-state index contributed by atoms with van der Waals surface area (Å²) in [6, 6.07) is 0.268. The van der Waals surface area contributed by atoms with Crippen molar-refractivity contribution in [2.45, 2.75) is 44.7 Å². The summed E-state index contributed by atoms with van der Waals surface area (Å²) in [6.45, 7) is 4.18. The number of rotatable bonds is 8. The fourth-order valence-electron chi connectivity index (χ4n) is 2.64. The lowest BCUT2D eigenvalue weighted by Crippen LogP contribution is -2.45. The Balaban J connectivity index is 1.84. The van der Waals surface area contributed by atoms with Crippen LogP contribution in [0.4, 0.5) is 0 Å². The molecule has 2 unspecified atom stereocenters. The number of ether oxygens (including phenoxy) is 1. The average Bonchev–Trinajstić information content (AvgIpc) is 3.07. The van der Waals surface area contributed by atoms with Gasteiger partial charge in [-0.15, -0.1) is 0 Å². The lowest BCUT2D eigenvalue weighted by atomic mass is 10.0. The van der Waals surface area contributed by atoms with Crippen LogP contribution in [-0.4, -0.2) is 60.3 Å². The highest BCUT2D eigenvalue weighted by molar-refractivity contribution is 5.76. The molecule has 1 amide bonds. The van der Waals surface area contributed by atoms with E-state index in [2.05, 4.69) is 17.1 Å². The molecule has 1 aliphatic heterocycles. The highest BCUT2D eigenvalue weighted by atomic mass is 16.5. The van der Waals surface area contributed by atoms with Crippen molar-refractivity contribution in [1.82, 2.24) is 10.2 Å². The molecule has 2 aliphatic rings. The van der Waals surface area contributed by atoms with Crippen LogP contribution in [0.2, 0.25) is 0 Å². The maximum Gasteiger partial charge on any atom is 0.310 e. The Hall–Kier alpha value is -1.14. The molecule has 1 saturated heterocycles. The number of hydrogen-bond donors (Lipinski definition) is 2. The van der Waals surface area contributed by atoms with Crippen LogP contribution in [-0.2, 0) is 14.3 Å². The molecule has 2 atom stereocenters. The second-order valence-electron chi connectivity index (χ2n) is 5.68.